The van der Waals surface area contributed by atoms with Crippen molar-refractivity contribution in [2.24, 2.45) is 0 Å². The Hall–Kier alpha value is -2.24. The van der Waals surface area contributed by atoms with E-state index in [-0.39, 0.29) is 53.8 Å². The van der Waals surface area contributed by atoms with Crippen LogP contribution in [-0.2, 0) is 0 Å². The molecule has 0 atom stereocenters. The Morgan fingerprint density at radius 3 is 1.53 bits per heavy atom. The van der Waals surface area contributed by atoms with Crippen molar-refractivity contribution < 1.29 is 19.1 Å². The van der Waals surface area contributed by atoms with Crippen LogP contribution >= 0.6 is 46.4 Å². The van der Waals surface area contributed by atoms with Crippen LogP contribution in [-0.4, -0.2) is 25.8 Å². The van der Waals surface area contributed by atoms with E-state index in [9.17, 15) is 9.59 Å². The number of rotatable bonds is 6. The van der Waals surface area contributed by atoms with Crippen LogP contribution in [0, 0.1) is 0 Å². The first kappa shape index (κ1) is 22.4. The third-order valence-electron chi connectivity index (χ3n) is 4.39. The zero-order valence-electron chi connectivity index (χ0n) is 15.8. The van der Waals surface area contributed by atoms with Gasteiger partial charge in [-0.1, -0.05) is 58.5 Å². The van der Waals surface area contributed by atoms with E-state index in [1.54, 1.807) is 24.3 Å². The number of hydrogen-bond acceptors (Lipinski definition) is 4. The number of ether oxygens (including phenoxy) is 2. The van der Waals surface area contributed by atoms with Crippen molar-refractivity contribution in [2.45, 2.75) is 0 Å². The minimum Gasteiger partial charge on any atom is -0.496 e. The van der Waals surface area contributed by atoms with Gasteiger partial charge < -0.3 is 9.47 Å². The minimum absolute atomic E-state index is 0.00340. The van der Waals surface area contributed by atoms with Gasteiger partial charge in [0, 0.05) is 0 Å². The summed E-state index contributed by atoms with van der Waals surface area (Å²) in [6.07, 6.45) is 0. The molecule has 0 aliphatic rings. The number of halogens is 4. The lowest BCUT2D eigenvalue weighted by Crippen LogP contribution is -2.13. The highest BCUT2D eigenvalue weighted by Gasteiger charge is 2.29. The minimum atomic E-state index is -0.556. The van der Waals surface area contributed by atoms with E-state index in [0.29, 0.717) is 0 Å². The number of methoxy groups -OCH3 is 2. The van der Waals surface area contributed by atoms with Crippen LogP contribution in [0.3, 0.4) is 0 Å². The highest BCUT2D eigenvalue weighted by Crippen LogP contribution is 2.39. The summed E-state index contributed by atoms with van der Waals surface area (Å²) in [6, 6.07) is 12.4. The number of carbonyl (C=O) groups is 2. The molecule has 0 aliphatic heterocycles. The van der Waals surface area contributed by atoms with E-state index in [0.717, 1.165) is 0 Å². The van der Waals surface area contributed by atoms with Crippen molar-refractivity contribution in [1.82, 2.24) is 0 Å². The summed E-state index contributed by atoms with van der Waals surface area (Å²) in [5.74, 6) is -0.880. The monoisotopic (exact) mass is 482 g/mol. The van der Waals surface area contributed by atoms with Gasteiger partial charge in [0.05, 0.1) is 51.0 Å². The summed E-state index contributed by atoms with van der Waals surface area (Å²) in [5.41, 5.74) is 0.250. The first-order valence-electron chi connectivity index (χ1n) is 8.54. The molecule has 0 saturated carbocycles. The van der Waals surface area contributed by atoms with Gasteiger partial charge in [-0.25, -0.2) is 0 Å². The topological polar surface area (TPSA) is 52.6 Å². The average molecular weight is 484 g/mol. The Balaban J connectivity index is 2.27. The van der Waals surface area contributed by atoms with Gasteiger partial charge in [0.15, 0.2) is 5.78 Å². The predicted octanol–water partition coefficient (Wildman–Crippen LogP) is 6.78. The number of hydrogen-bond donors (Lipinski definition) is 0. The van der Waals surface area contributed by atoms with E-state index in [1.165, 1.54) is 38.5 Å². The lowest BCUT2D eigenvalue weighted by atomic mass is 9.94. The van der Waals surface area contributed by atoms with Crippen LogP contribution in [0.2, 0.25) is 20.1 Å². The second-order valence-electron chi connectivity index (χ2n) is 6.08. The maximum atomic E-state index is 13.4. The van der Waals surface area contributed by atoms with Gasteiger partial charge in [0.1, 0.15) is 17.1 Å². The summed E-state index contributed by atoms with van der Waals surface area (Å²) in [7, 11) is 2.73. The molecule has 3 aromatic rings. The fourth-order valence-corrected chi connectivity index (χ4v) is 4.17. The lowest BCUT2D eigenvalue weighted by molar-refractivity contribution is 0.103. The van der Waals surface area contributed by atoms with Gasteiger partial charge in [-0.05, 0) is 36.4 Å². The Labute approximate surface area is 193 Å². The van der Waals surface area contributed by atoms with Crippen molar-refractivity contribution in [2.75, 3.05) is 14.2 Å². The Bertz CT molecular complexity index is 1120. The molecule has 0 spiro atoms. The van der Waals surface area contributed by atoms with Crippen molar-refractivity contribution in [3.63, 3.8) is 0 Å². The Morgan fingerprint density at radius 1 is 0.633 bits per heavy atom. The molecular formula is C22H14Cl4O4. The van der Waals surface area contributed by atoms with Crippen molar-refractivity contribution >= 4 is 58.0 Å². The molecular weight excluding hydrogens is 470 g/mol. The summed E-state index contributed by atoms with van der Waals surface area (Å²) >= 11 is 24.8. The predicted molar refractivity (Wildman–Crippen MR) is 119 cm³/mol. The summed E-state index contributed by atoms with van der Waals surface area (Å²) in [6.45, 7) is 0. The molecule has 3 rings (SSSR count). The third-order valence-corrected chi connectivity index (χ3v) is 5.65. The molecule has 0 unspecified atom stereocenters. The standard InChI is InChI=1S/C22H14Cl4O4/c1-29-16-10-9-11(20(27)17-12(23)5-3-6-13(17)24)22(30-2)19(16)21(28)18-14(25)7-4-8-15(18)26/h3-10H,1-2H3. The molecule has 8 heteroatoms. The van der Waals surface area contributed by atoms with Gasteiger partial charge >= 0.3 is 0 Å². The molecule has 0 heterocycles. The molecule has 154 valence electrons. The summed E-state index contributed by atoms with van der Waals surface area (Å²) in [5, 5.41) is 0.657. The fourth-order valence-electron chi connectivity index (χ4n) is 3.03. The Kier molecular flexibility index (Phi) is 6.94. The number of benzene rings is 3. The maximum Gasteiger partial charge on any atom is 0.203 e. The molecule has 4 nitrogen and oxygen atoms in total. The molecule has 0 amide bonds. The van der Waals surface area contributed by atoms with Gasteiger partial charge in [-0.2, -0.15) is 0 Å². The van der Waals surface area contributed by atoms with E-state index < -0.39 is 11.6 Å². The van der Waals surface area contributed by atoms with E-state index in [2.05, 4.69) is 0 Å². The van der Waals surface area contributed by atoms with Gasteiger partial charge in [0.2, 0.25) is 5.78 Å². The van der Waals surface area contributed by atoms with Crippen LogP contribution in [0.15, 0.2) is 48.5 Å². The molecule has 0 radical (unpaired) electrons. The lowest BCUT2D eigenvalue weighted by Gasteiger charge is -2.17. The smallest absolute Gasteiger partial charge is 0.203 e. The SMILES string of the molecule is COc1ccc(C(=O)c2c(Cl)cccc2Cl)c(OC)c1C(=O)c1c(Cl)cccc1Cl. The second-order valence-corrected chi connectivity index (χ2v) is 7.70. The fraction of sp³-hybridized carbons (Fsp3) is 0.0909. The number of carbonyl (C=O) groups excluding carboxylic acids is 2. The molecule has 30 heavy (non-hydrogen) atoms. The zero-order valence-corrected chi connectivity index (χ0v) is 18.8. The molecule has 0 bridgehead atoms. The highest BCUT2D eigenvalue weighted by atomic mass is 35.5. The van der Waals surface area contributed by atoms with Gasteiger partial charge in [0.25, 0.3) is 0 Å². The normalized spacial score (nSPS) is 10.6. The van der Waals surface area contributed by atoms with Crippen molar-refractivity contribution in [1.29, 1.82) is 0 Å². The third kappa shape index (κ3) is 4.01. The van der Waals surface area contributed by atoms with E-state index >= 15 is 0 Å². The summed E-state index contributed by atoms with van der Waals surface area (Å²) < 4.78 is 10.8. The van der Waals surface area contributed by atoms with Crippen molar-refractivity contribution in [3.8, 4) is 11.5 Å². The maximum absolute atomic E-state index is 13.4. The Morgan fingerprint density at radius 2 is 1.10 bits per heavy atom. The first-order valence-corrected chi connectivity index (χ1v) is 10.0. The van der Waals surface area contributed by atoms with E-state index in [1.807, 2.05) is 0 Å². The van der Waals surface area contributed by atoms with Crippen LogP contribution in [0.5, 0.6) is 11.5 Å². The molecule has 0 aromatic heterocycles. The second kappa shape index (κ2) is 9.27. The molecule has 3 aromatic carbocycles. The molecule has 0 saturated heterocycles. The molecule has 0 fully saturated rings. The van der Waals surface area contributed by atoms with Crippen LogP contribution in [0.1, 0.15) is 31.8 Å². The summed E-state index contributed by atoms with van der Waals surface area (Å²) in [4.78, 5) is 26.7. The average Bonchev–Trinajstić information content (AvgIpc) is 2.72. The largest absolute Gasteiger partial charge is 0.496 e. The molecule has 0 aliphatic carbocycles. The van der Waals surface area contributed by atoms with Gasteiger partial charge in [-0.3, -0.25) is 9.59 Å². The van der Waals surface area contributed by atoms with Gasteiger partial charge in [-0.15, -0.1) is 0 Å². The van der Waals surface area contributed by atoms with Crippen molar-refractivity contribution in [3.05, 3.63) is 90.9 Å². The quantitative estimate of drug-likeness (QED) is 0.362. The number of ketones is 2. The van der Waals surface area contributed by atoms with Crippen LogP contribution < -0.4 is 9.47 Å². The van der Waals surface area contributed by atoms with E-state index in [4.69, 9.17) is 55.9 Å². The highest BCUT2D eigenvalue weighted by molar-refractivity contribution is 6.42. The first-order chi connectivity index (χ1) is 14.3. The zero-order chi connectivity index (χ0) is 22.0. The van der Waals surface area contributed by atoms with Crippen LogP contribution in [0.4, 0.5) is 0 Å². The molecule has 0 N–H and O–H groups in total. The van der Waals surface area contributed by atoms with Crippen LogP contribution in [0.25, 0.3) is 0 Å².